The molecular weight excluding hydrogens is 509 g/mol. The lowest BCUT2D eigenvalue weighted by Gasteiger charge is -2.49. The molecule has 0 bridgehead atoms. The van der Waals surface area contributed by atoms with Crippen LogP contribution in [0.4, 0.5) is 83.4 Å². The molecule has 0 saturated heterocycles. The van der Waals surface area contributed by atoms with Gasteiger partial charge in [-0.3, -0.25) is 0 Å². The summed E-state index contributed by atoms with van der Waals surface area (Å²) in [5.41, 5.74) is -17.5. The normalized spacial score (nSPS) is 18.2. The van der Waals surface area contributed by atoms with Gasteiger partial charge in [-0.1, -0.05) is 0 Å². The van der Waals surface area contributed by atoms with Crippen LogP contribution in [0.2, 0.25) is 0 Å². The number of hydrogen-bond acceptors (Lipinski definition) is 1. The van der Waals surface area contributed by atoms with Crippen molar-refractivity contribution < 1.29 is 88.2 Å². The summed E-state index contributed by atoms with van der Waals surface area (Å²) in [6.45, 7) is -3.33. The van der Waals surface area contributed by atoms with Gasteiger partial charge in [0.1, 0.15) is 6.61 Å². The Hall–Kier alpha value is -1.37. The maximum absolute atomic E-state index is 13.9. The van der Waals surface area contributed by atoms with Gasteiger partial charge in [-0.25, -0.2) is 4.39 Å². The lowest BCUT2D eigenvalue weighted by atomic mass is 9.70. The van der Waals surface area contributed by atoms with Crippen LogP contribution in [0.15, 0.2) is 0 Å². The van der Waals surface area contributed by atoms with E-state index >= 15 is 0 Å². The van der Waals surface area contributed by atoms with E-state index in [1.165, 1.54) is 0 Å². The highest BCUT2D eigenvalue weighted by Crippen LogP contribution is 2.72. The van der Waals surface area contributed by atoms with Crippen molar-refractivity contribution in [2.45, 2.75) is 48.1 Å². The molecule has 0 amide bonds. The maximum Gasteiger partial charge on any atom is 0.435 e. The predicted molar refractivity (Wildman–Crippen MR) is 57.2 cm³/mol. The van der Waals surface area contributed by atoms with Crippen LogP contribution in [0.1, 0.15) is 0 Å². The van der Waals surface area contributed by atoms with Gasteiger partial charge in [-0.15, -0.1) is 0 Å². The molecule has 31 heavy (non-hydrogen) atoms. The summed E-state index contributed by atoms with van der Waals surface area (Å²) in [6.07, 6.45) is -34.1. The fraction of sp³-hybridized carbons (Fsp3) is 1.00. The fourth-order valence-corrected chi connectivity index (χ4v) is 2.36. The monoisotopic (exact) mass is 514 g/mol. The van der Waals surface area contributed by atoms with E-state index in [1.54, 1.807) is 0 Å². The summed E-state index contributed by atoms with van der Waals surface area (Å²) in [7, 11) is -0.133. The second-order valence-corrected chi connectivity index (χ2v) is 5.69. The van der Waals surface area contributed by atoms with Crippen LogP contribution in [-0.2, 0) is 4.74 Å². The summed E-state index contributed by atoms with van der Waals surface area (Å²) >= 11 is 0. The highest BCUT2D eigenvalue weighted by atomic mass is 19.4. The van der Waals surface area contributed by atoms with Crippen LogP contribution in [0.25, 0.3) is 0 Å². The molecule has 0 rings (SSSR count). The van der Waals surface area contributed by atoms with E-state index in [2.05, 4.69) is 4.74 Å². The molecule has 0 spiro atoms. The Kier molecular flexibility index (Phi) is 7.00. The average molecular weight is 514 g/mol. The zero-order chi connectivity index (χ0) is 25.9. The minimum absolute atomic E-state index is 0.133. The Balaban J connectivity index is 7.77. The van der Waals surface area contributed by atoms with Crippen molar-refractivity contribution in [1.29, 1.82) is 0 Å². The van der Waals surface area contributed by atoms with Crippen molar-refractivity contribution in [3.63, 3.8) is 0 Å². The molecule has 20 heteroatoms. The summed E-state index contributed by atoms with van der Waals surface area (Å²) in [5, 5.41) is 0. The van der Waals surface area contributed by atoms with Crippen LogP contribution in [0.5, 0.6) is 0 Å². The van der Waals surface area contributed by atoms with E-state index in [4.69, 9.17) is 0 Å². The van der Waals surface area contributed by atoms with Crippen LogP contribution in [0.3, 0.4) is 0 Å². The summed E-state index contributed by atoms with van der Waals surface area (Å²) in [6, 6.07) is 0. The molecule has 1 nitrogen and oxygen atoms in total. The Morgan fingerprint density at radius 3 is 0.935 bits per heavy atom. The standard InChI is InChI=1S/C11H5F19O/c1-31-2-3(12,13)5(14,11(28,29)30)7(17,18)6(15,16)4(8(19,20)21,9(22,23)24)10(25,26)27/h2H2,1H3. The molecule has 1 unspecified atom stereocenters. The molecule has 0 fully saturated rings. The van der Waals surface area contributed by atoms with Crippen LogP contribution >= 0.6 is 0 Å². The first-order valence-corrected chi connectivity index (χ1v) is 6.64. The largest absolute Gasteiger partial charge is 0.435 e. The Labute approximate surface area is 157 Å². The summed E-state index contributed by atoms with van der Waals surface area (Å²) in [4.78, 5) is 0. The Bertz CT molecular complexity index is 597. The van der Waals surface area contributed by atoms with Crippen LogP contribution < -0.4 is 0 Å². The molecule has 0 aliphatic rings. The first-order chi connectivity index (χ1) is 13.1. The van der Waals surface area contributed by atoms with Crippen molar-refractivity contribution >= 4 is 0 Å². The van der Waals surface area contributed by atoms with E-state index in [9.17, 15) is 83.4 Å². The summed E-state index contributed by atoms with van der Waals surface area (Å²) in [5.74, 6) is -25.4. The smallest absolute Gasteiger partial charge is 0.378 e. The number of rotatable bonds is 6. The van der Waals surface area contributed by atoms with Gasteiger partial charge in [0.15, 0.2) is 0 Å². The lowest BCUT2D eigenvalue weighted by molar-refractivity contribution is -0.517. The molecule has 0 N–H and O–H groups in total. The quantitative estimate of drug-likeness (QED) is 0.369. The zero-order valence-electron chi connectivity index (χ0n) is 13.8. The second-order valence-electron chi connectivity index (χ2n) is 5.69. The Morgan fingerprint density at radius 2 is 0.742 bits per heavy atom. The first-order valence-electron chi connectivity index (χ1n) is 6.64. The molecule has 0 aromatic rings. The highest BCUT2D eigenvalue weighted by molar-refractivity contribution is 5.22. The van der Waals surface area contributed by atoms with Crippen molar-refractivity contribution in [2.24, 2.45) is 5.41 Å². The number of ether oxygens (including phenoxy) is 1. The third-order valence-corrected chi connectivity index (χ3v) is 3.79. The Morgan fingerprint density at radius 1 is 0.452 bits per heavy atom. The van der Waals surface area contributed by atoms with E-state index in [0.29, 0.717) is 0 Å². The van der Waals surface area contributed by atoms with E-state index in [-0.39, 0.29) is 7.11 Å². The molecule has 188 valence electrons. The van der Waals surface area contributed by atoms with Crippen LogP contribution in [-0.4, -0.2) is 61.9 Å². The van der Waals surface area contributed by atoms with Crippen molar-refractivity contribution in [2.75, 3.05) is 13.7 Å². The average Bonchev–Trinajstić information content (AvgIpc) is 2.39. The second kappa shape index (κ2) is 7.32. The van der Waals surface area contributed by atoms with E-state index in [0.717, 1.165) is 0 Å². The summed E-state index contributed by atoms with van der Waals surface area (Å²) < 4.78 is 251. The van der Waals surface area contributed by atoms with Gasteiger partial charge in [0.25, 0.3) is 0 Å². The predicted octanol–water partition coefficient (Wildman–Crippen LogP) is 6.48. The van der Waals surface area contributed by atoms with Crippen molar-refractivity contribution in [3.8, 4) is 0 Å². The molecule has 1 atom stereocenters. The molecule has 0 aromatic carbocycles. The van der Waals surface area contributed by atoms with Crippen LogP contribution in [0, 0.1) is 5.41 Å². The minimum atomic E-state index is -9.28. The molecular formula is C11H5F19O. The van der Waals surface area contributed by atoms with Gasteiger partial charge in [0.2, 0.25) is 0 Å². The van der Waals surface area contributed by atoms with Gasteiger partial charge < -0.3 is 4.74 Å². The molecule has 0 aliphatic heterocycles. The van der Waals surface area contributed by atoms with Gasteiger partial charge in [-0.05, 0) is 0 Å². The van der Waals surface area contributed by atoms with Gasteiger partial charge in [0.05, 0.1) is 0 Å². The minimum Gasteiger partial charge on any atom is -0.378 e. The van der Waals surface area contributed by atoms with Gasteiger partial charge in [0, 0.05) is 7.11 Å². The van der Waals surface area contributed by atoms with E-state index in [1.807, 2.05) is 0 Å². The van der Waals surface area contributed by atoms with Crippen molar-refractivity contribution in [1.82, 2.24) is 0 Å². The topological polar surface area (TPSA) is 9.23 Å². The zero-order valence-corrected chi connectivity index (χ0v) is 13.8. The highest BCUT2D eigenvalue weighted by Gasteiger charge is 3.02. The third kappa shape index (κ3) is 3.65. The van der Waals surface area contributed by atoms with E-state index < -0.39 is 60.2 Å². The number of hydrogen-bond donors (Lipinski definition) is 0. The SMILES string of the molecule is COCC(F)(F)C(F)(C(F)(F)F)C(F)(F)C(F)(F)C(C(F)(F)F)(C(F)(F)F)C(F)(F)F. The fourth-order valence-electron chi connectivity index (χ4n) is 2.36. The lowest BCUT2D eigenvalue weighted by Crippen LogP contribution is -2.80. The molecule has 0 aromatic heterocycles. The molecule has 0 aliphatic carbocycles. The number of methoxy groups -OCH3 is 1. The molecule has 0 saturated carbocycles. The number of alkyl halides is 19. The third-order valence-electron chi connectivity index (χ3n) is 3.79. The van der Waals surface area contributed by atoms with Crippen molar-refractivity contribution in [3.05, 3.63) is 0 Å². The molecule has 0 heterocycles. The molecule has 0 radical (unpaired) electrons. The van der Waals surface area contributed by atoms with Gasteiger partial charge in [-0.2, -0.15) is 79.0 Å². The number of halogens is 19. The first kappa shape index (κ1) is 29.6. The maximum atomic E-state index is 13.9. The van der Waals surface area contributed by atoms with Gasteiger partial charge >= 0.3 is 53.6 Å².